The summed E-state index contributed by atoms with van der Waals surface area (Å²) >= 11 is 0. The second-order valence-corrected chi connectivity index (χ2v) is 7.08. The van der Waals surface area contributed by atoms with Gasteiger partial charge in [0.15, 0.2) is 11.5 Å². The summed E-state index contributed by atoms with van der Waals surface area (Å²) in [6.07, 6.45) is -0.827. The van der Waals surface area contributed by atoms with Crippen molar-refractivity contribution < 1.29 is 34.2 Å². The summed E-state index contributed by atoms with van der Waals surface area (Å²) in [5, 5.41) is 30.9. The number of piperidine rings is 1. The van der Waals surface area contributed by atoms with Gasteiger partial charge in [0.2, 0.25) is 0 Å². The molecule has 2 aromatic carbocycles. The fraction of sp³-hybridized carbons (Fsp3) is 0.333. The van der Waals surface area contributed by atoms with Crippen LogP contribution < -0.4 is 9.47 Å². The van der Waals surface area contributed by atoms with E-state index in [1.807, 2.05) is 30.3 Å². The van der Waals surface area contributed by atoms with E-state index in [0.29, 0.717) is 0 Å². The van der Waals surface area contributed by atoms with Crippen molar-refractivity contribution in [3.8, 4) is 11.5 Å². The van der Waals surface area contributed by atoms with Crippen LogP contribution in [0.1, 0.15) is 28.8 Å². The van der Waals surface area contributed by atoms with Gasteiger partial charge in [-0.2, -0.15) is 0 Å². The Morgan fingerprint density at radius 2 is 1.94 bits per heavy atom. The molecule has 31 heavy (non-hydrogen) atoms. The van der Waals surface area contributed by atoms with Crippen molar-refractivity contribution in [2.75, 3.05) is 13.7 Å². The van der Waals surface area contributed by atoms with Gasteiger partial charge < -0.3 is 24.6 Å². The van der Waals surface area contributed by atoms with E-state index in [1.165, 1.54) is 13.2 Å². The number of aliphatic hydroxyl groups is 1. The molecule has 164 valence electrons. The van der Waals surface area contributed by atoms with Crippen LogP contribution >= 0.6 is 0 Å². The molecular formula is C21H22N2O8. The molecule has 1 aliphatic heterocycles. The highest BCUT2D eigenvalue weighted by Gasteiger charge is 2.38. The predicted octanol–water partition coefficient (Wildman–Crippen LogP) is 2.23. The van der Waals surface area contributed by atoms with Gasteiger partial charge in [-0.05, 0) is 12.0 Å². The monoisotopic (exact) mass is 430 g/mol. The predicted molar refractivity (Wildman–Crippen MR) is 108 cm³/mol. The number of carboxylic acids is 1. The van der Waals surface area contributed by atoms with E-state index in [4.69, 9.17) is 9.47 Å². The third-order valence-electron chi connectivity index (χ3n) is 5.07. The van der Waals surface area contributed by atoms with Gasteiger partial charge in [0.1, 0.15) is 18.2 Å². The van der Waals surface area contributed by atoms with Gasteiger partial charge in [0.05, 0.1) is 24.2 Å². The summed E-state index contributed by atoms with van der Waals surface area (Å²) < 4.78 is 10.9. The Bertz CT molecular complexity index is 979. The Kier molecular flexibility index (Phi) is 6.71. The number of hydrogen-bond donors (Lipinski definition) is 2. The molecule has 2 atom stereocenters. The van der Waals surface area contributed by atoms with Crippen LogP contribution in [-0.4, -0.2) is 57.7 Å². The number of ether oxygens (including phenoxy) is 2. The molecule has 0 unspecified atom stereocenters. The van der Waals surface area contributed by atoms with Crippen molar-refractivity contribution in [2.24, 2.45) is 0 Å². The third-order valence-corrected chi connectivity index (χ3v) is 5.07. The van der Waals surface area contributed by atoms with Gasteiger partial charge in [-0.3, -0.25) is 14.9 Å². The molecular weight excluding hydrogens is 408 g/mol. The molecule has 1 heterocycles. The van der Waals surface area contributed by atoms with Crippen LogP contribution in [-0.2, 0) is 11.4 Å². The quantitative estimate of drug-likeness (QED) is 0.503. The number of nitro groups is 1. The zero-order chi connectivity index (χ0) is 22.5. The SMILES string of the molecule is COc1cc(C(=O)N2CC[C@H](O)C[C@H]2C(=O)O)c([N+](=O)[O-])cc1OCc1ccccc1. The minimum Gasteiger partial charge on any atom is -0.493 e. The van der Waals surface area contributed by atoms with E-state index < -0.39 is 34.6 Å². The highest BCUT2D eigenvalue weighted by atomic mass is 16.6. The van der Waals surface area contributed by atoms with Crippen LogP contribution in [0.3, 0.4) is 0 Å². The number of carboxylic acid groups (broad SMARTS) is 1. The van der Waals surface area contributed by atoms with Gasteiger partial charge in [-0.15, -0.1) is 0 Å². The van der Waals surface area contributed by atoms with E-state index in [1.54, 1.807) is 0 Å². The zero-order valence-corrected chi connectivity index (χ0v) is 16.8. The topological polar surface area (TPSA) is 139 Å². The normalized spacial score (nSPS) is 18.3. The molecule has 0 aromatic heterocycles. The summed E-state index contributed by atoms with van der Waals surface area (Å²) in [6, 6.07) is 10.2. The Labute approximate surface area is 177 Å². The number of benzene rings is 2. The van der Waals surface area contributed by atoms with Crippen LogP contribution in [0.25, 0.3) is 0 Å². The lowest BCUT2D eigenvalue weighted by atomic mass is 9.98. The maximum absolute atomic E-state index is 13.1. The number of likely N-dealkylation sites (tertiary alicyclic amines) is 1. The van der Waals surface area contributed by atoms with E-state index >= 15 is 0 Å². The first-order chi connectivity index (χ1) is 14.8. The van der Waals surface area contributed by atoms with E-state index in [0.717, 1.165) is 16.5 Å². The number of nitrogens with zero attached hydrogens (tertiary/aromatic N) is 2. The number of amides is 1. The molecule has 10 nitrogen and oxygen atoms in total. The number of carbonyl (C=O) groups excluding carboxylic acids is 1. The number of aliphatic carboxylic acids is 1. The molecule has 0 bridgehead atoms. The Morgan fingerprint density at radius 1 is 1.23 bits per heavy atom. The molecule has 1 saturated heterocycles. The number of carbonyl (C=O) groups is 2. The van der Waals surface area contributed by atoms with Gasteiger partial charge in [0.25, 0.3) is 11.6 Å². The fourth-order valence-corrected chi connectivity index (χ4v) is 3.46. The molecule has 0 aliphatic carbocycles. The van der Waals surface area contributed by atoms with Crippen LogP contribution in [0.4, 0.5) is 5.69 Å². The van der Waals surface area contributed by atoms with Crippen molar-refractivity contribution in [3.63, 3.8) is 0 Å². The van der Waals surface area contributed by atoms with Gasteiger partial charge >= 0.3 is 5.97 Å². The lowest BCUT2D eigenvalue weighted by Gasteiger charge is -2.35. The van der Waals surface area contributed by atoms with E-state index in [2.05, 4.69) is 0 Å². The highest BCUT2D eigenvalue weighted by Crippen LogP contribution is 2.36. The zero-order valence-electron chi connectivity index (χ0n) is 16.8. The van der Waals surface area contributed by atoms with E-state index in [-0.39, 0.29) is 43.1 Å². The molecule has 0 saturated carbocycles. The molecule has 0 spiro atoms. The van der Waals surface area contributed by atoms with Gasteiger partial charge in [-0.25, -0.2) is 4.79 Å². The Balaban J connectivity index is 1.95. The smallest absolute Gasteiger partial charge is 0.326 e. The van der Waals surface area contributed by atoms with Crippen LogP contribution in [0.15, 0.2) is 42.5 Å². The number of nitro benzene ring substituents is 1. The summed E-state index contributed by atoms with van der Waals surface area (Å²) in [4.78, 5) is 36.7. The van der Waals surface area contributed by atoms with Crippen molar-refractivity contribution in [1.82, 2.24) is 4.90 Å². The minimum absolute atomic E-state index is 0.0390. The molecule has 2 N–H and O–H groups in total. The molecule has 1 fully saturated rings. The summed E-state index contributed by atoms with van der Waals surface area (Å²) in [7, 11) is 1.34. The van der Waals surface area contributed by atoms with Gasteiger partial charge in [0, 0.05) is 19.0 Å². The number of aliphatic hydroxyl groups excluding tert-OH is 1. The third kappa shape index (κ3) is 4.92. The van der Waals surface area contributed by atoms with E-state index in [9.17, 15) is 29.9 Å². The average Bonchev–Trinajstić information content (AvgIpc) is 2.77. The minimum atomic E-state index is -1.29. The Morgan fingerprint density at radius 3 is 2.55 bits per heavy atom. The fourth-order valence-electron chi connectivity index (χ4n) is 3.46. The van der Waals surface area contributed by atoms with Crippen molar-refractivity contribution >= 4 is 17.6 Å². The Hall–Kier alpha value is -3.66. The van der Waals surface area contributed by atoms with Crippen molar-refractivity contribution in [3.05, 3.63) is 63.7 Å². The highest BCUT2D eigenvalue weighted by molar-refractivity contribution is 6.01. The number of methoxy groups -OCH3 is 1. The number of rotatable bonds is 7. The maximum atomic E-state index is 13.1. The second kappa shape index (κ2) is 9.43. The lowest BCUT2D eigenvalue weighted by Crippen LogP contribution is -2.51. The molecule has 3 rings (SSSR count). The van der Waals surface area contributed by atoms with Crippen LogP contribution in [0.2, 0.25) is 0 Å². The van der Waals surface area contributed by atoms with Crippen LogP contribution in [0, 0.1) is 10.1 Å². The van der Waals surface area contributed by atoms with Crippen LogP contribution in [0.5, 0.6) is 11.5 Å². The van der Waals surface area contributed by atoms with Gasteiger partial charge in [-0.1, -0.05) is 30.3 Å². The first-order valence-electron chi connectivity index (χ1n) is 9.56. The standard InChI is InChI=1S/C21H22N2O8/c1-30-18-10-15(20(25)22-8-7-14(24)9-17(22)21(26)27)16(23(28)29)11-19(18)31-12-13-5-3-2-4-6-13/h2-6,10-11,14,17,24H,7-9,12H2,1H3,(H,26,27)/t14-,17-/m0/s1. The maximum Gasteiger partial charge on any atom is 0.326 e. The first kappa shape index (κ1) is 22.0. The average molecular weight is 430 g/mol. The molecule has 1 amide bonds. The molecule has 2 aromatic rings. The molecule has 0 radical (unpaired) electrons. The largest absolute Gasteiger partial charge is 0.493 e. The summed E-state index contributed by atoms with van der Waals surface area (Å²) in [5.41, 5.74) is 0.00390. The molecule has 10 heteroatoms. The second-order valence-electron chi connectivity index (χ2n) is 7.08. The lowest BCUT2D eigenvalue weighted by molar-refractivity contribution is -0.385. The summed E-state index contributed by atoms with van der Waals surface area (Å²) in [5.74, 6) is -1.92. The number of hydrogen-bond acceptors (Lipinski definition) is 7. The summed E-state index contributed by atoms with van der Waals surface area (Å²) in [6.45, 7) is 0.0927. The molecule has 1 aliphatic rings. The van der Waals surface area contributed by atoms with Crippen molar-refractivity contribution in [2.45, 2.75) is 31.6 Å². The first-order valence-corrected chi connectivity index (χ1v) is 9.56. The van der Waals surface area contributed by atoms with Crippen molar-refractivity contribution in [1.29, 1.82) is 0 Å².